The van der Waals surface area contributed by atoms with E-state index in [1.807, 2.05) is 0 Å². The second kappa shape index (κ2) is 17.2. The molecular weight excluding hydrogens is 500 g/mol. The minimum Gasteiger partial charge on any atom is -0.0654 e. The molecule has 0 aliphatic heterocycles. The van der Waals surface area contributed by atoms with Gasteiger partial charge in [0.25, 0.3) is 0 Å². The fourth-order valence-electron chi connectivity index (χ4n) is 5.71. The van der Waals surface area contributed by atoms with Gasteiger partial charge in [0.2, 0.25) is 0 Å². The molecule has 0 nitrogen and oxygen atoms in total. The van der Waals surface area contributed by atoms with Gasteiger partial charge in [0.15, 0.2) is 0 Å². The highest BCUT2D eigenvalue weighted by atomic mass is 79.9. The number of aryl methyl sites for hydroxylation is 2. The highest BCUT2D eigenvalue weighted by Gasteiger charge is 2.09. The highest BCUT2D eigenvalue weighted by molar-refractivity contribution is 9.10. The summed E-state index contributed by atoms with van der Waals surface area (Å²) in [7, 11) is 0. The Morgan fingerprint density at radius 1 is 0.528 bits per heavy atom. The number of hydrogen-bond donors (Lipinski definition) is 0. The van der Waals surface area contributed by atoms with E-state index in [0.29, 0.717) is 0 Å². The molecule has 0 aromatic heterocycles. The van der Waals surface area contributed by atoms with Crippen LogP contribution >= 0.6 is 15.9 Å². The molecule has 0 N–H and O–H groups in total. The summed E-state index contributed by atoms with van der Waals surface area (Å²) in [6.07, 6.45) is 27.0. The molecule has 0 saturated carbocycles. The summed E-state index contributed by atoms with van der Waals surface area (Å²) in [4.78, 5) is 0. The number of benzene rings is 3. The van der Waals surface area contributed by atoms with Gasteiger partial charge >= 0.3 is 0 Å². The van der Waals surface area contributed by atoms with Crippen LogP contribution in [0.4, 0.5) is 0 Å². The van der Waals surface area contributed by atoms with Gasteiger partial charge in [-0.3, -0.25) is 0 Å². The topological polar surface area (TPSA) is 0 Å². The van der Waals surface area contributed by atoms with Crippen molar-refractivity contribution >= 4 is 37.5 Å². The van der Waals surface area contributed by atoms with Crippen molar-refractivity contribution in [2.24, 2.45) is 0 Å². The van der Waals surface area contributed by atoms with Crippen LogP contribution in [0.25, 0.3) is 21.5 Å². The molecule has 0 saturated heterocycles. The average molecular weight is 552 g/mol. The average Bonchev–Trinajstić information content (AvgIpc) is 2.89. The van der Waals surface area contributed by atoms with E-state index in [-0.39, 0.29) is 0 Å². The van der Waals surface area contributed by atoms with Crippen LogP contribution in [0.2, 0.25) is 0 Å². The smallest absolute Gasteiger partial charge is 0.0213 e. The third kappa shape index (κ3) is 9.85. The fraction of sp³-hybridized carbons (Fsp3) is 0.600. The highest BCUT2D eigenvalue weighted by Crippen LogP contribution is 2.33. The van der Waals surface area contributed by atoms with Crippen LogP contribution in [0.3, 0.4) is 0 Å². The normalized spacial score (nSPS) is 11.6. The van der Waals surface area contributed by atoms with Crippen molar-refractivity contribution in [1.82, 2.24) is 0 Å². The Balaban J connectivity index is 1.23. The SMILES string of the molecule is CCCCCCCCCCCCCCCCCCCCc1cc(Br)c(C)c2cc3ccccc3cc12. The molecule has 0 radical (unpaired) electrons. The van der Waals surface area contributed by atoms with Crippen molar-refractivity contribution in [1.29, 1.82) is 0 Å². The molecule has 0 atom stereocenters. The van der Waals surface area contributed by atoms with Crippen LogP contribution in [0.5, 0.6) is 0 Å². The second-order valence-corrected chi connectivity index (χ2v) is 12.0. The molecule has 0 heterocycles. The Labute approximate surface area is 230 Å². The molecule has 3 rings (SSSR count). The summed E-state index contributed by atoms with van der Waals surface area (Å²) in [6, 6.07) is 15.9. The molecule has 0 amide bonds. The van der Waals surface area contributed by atoms with Gasteiger partial charge in [-0.2, -0.15) is 0 Å². The first-order chi connectivity index (χ1) is 17.7. The summed E-state index contributed by atoms with van der Waals surface area (Å²) in [5, 5.41) is 5.54. The third-order valence-corrected chi connectivity index (χ3v) is 8.92. The largest absolute Gasteiger partial charge is 0.0654 e. The lowest BCUT2D eigenvalue weighted by atomic mass is 9.94. The first kappa shape index (κ1) is 29.2. The van der Waals surface area contributed by atoms with Gasteiger partial charge in [0.05, 0.1) is 0 Å². The second-order valence-electron chi connectivity index (χ2n) is 11.1. The predicted molar refractivity (Wildman–Crippen MR) is 166 cm³/mol. The van der Waals surface area contributed by atoms with Crippen molar-refractivity contribution in [3.8, 4) is 0 Å². The number of unbranched alkanes of at least 4 members (excludes halogenated alkanes) is 17. The standard InChI is InChI=1S/C35H51Br/c1-3-4-5-6-7-8-9-10-11-12-13-14-15-16-17-18-19-20-25-32-28-35(36)29(2)33-26-30-23-21-22-24-31(30)27-34(32)33/h21-24,26-28H,3-20,25H2,1-2H3. The Kier molecular flexibility index (Phi) is 14.0. The quantitative estimate of drug-likeness (QED) is 0.103. The van der Waals surface area contributed by atoms with Gasteiger partial charge in [-0.25, -0.2) is 0 Å². The molecule has 0 bridgehead atoms. The minimum absolute atomic E-state index is 1.19. The number of rotatable bonds is 19. The third-order valence-electron chi connectivity index (χ3n) is 8.09. The lowest BCUT2D eigenvalue weighted by molar-refractivity contribution is 0.525. The monoisotopic (exact) mass is 550 g/mol. The summed E-state index contributed by atoms with van der Waals surface area (Å²) in [5.41, 5.74) is 2.86. The van der Waals surface area contributed by atoms with Gasteiger partial charge in [0.1, 0.15) is 0 Å². The van der Waals surface area contributed by atoms with E-state index in [4.69, 9.17) is 0 Å². The molecule has 1 heteroatoms. The number of hydrogen-bond acceptors (Lipinski definition) is 0. The van der Waals surface area contributed by atoms with E-state index in [2.05, 4.69) is 72.2 Å². The fourth-order valence-corrected chi connectivity index (χ4v) is 6.20. The van der Waals surface area contributed by atoms with E-state index in [1.54, 1.807) is 0 Å². The molecular formula is C35H51Br. The molecule has 0 aliphatic carbocycles. The molecule has 198 valence electrons. The predicted octanol–water partition coefficient (Wildman–Crippen LogP) is 12.6. The van der Waals surface area contributed by atoms with E-state index in [1.165, 1.54) is 159 Å². The number of fused-ring (bicyclic) bond motifs is 2. The molecule has 0 aliphatic rings. The molecule has 0 unspecified atom stereocenters. The lowest BCUT2D eigenvalue weighted by Crippen LogP contribution is -1.92. The summed E-state index contributed by atoms with van der Waals surface area (Å²) >= 11 is 3.83. The van der Waals surface area contributed by atoms with Crippen LogP contribution in [-0.4, -0.2) is 0 Å². The lowest BCUT2D eigenvalue weighted by Gasteiger charge is -2.13. The Morgan fingerprint density at radius 3 is 1.42 bits per heavy atom. The molecule has 36 heavy (non-hydrogen) atoms. The minimum atomic E-state index is 1.19. The van der Waals surface area contributed by atoms with Gasteiger partial charge in [-0.15, -0.1) is 0 Å². The van der Waals surface area contributed by atoms with Crippen LogP contribution in [0.15, 0.2) is 46.9 Å². The first-order valence-electron chi connectivity index (χ1n) is 15.3. The maximum Gasteiger partial charge on any atom is 0.0213 e. The first-order valence-corrected chi connectivity index (χ1v) is 16.1. The van der Waals surface area contributed by atoms with E-state index in [9.17, 15) is 0 Å². The van der Waals surface area contributed by atoms with Crippen LogP contribution < -0.4 is 0 Å². The van der Waals surface area contributed by atoms with E-state index >= 15 is 0 Å². The zero-order valence-electron chi connectivity index (χ0n) is 23.4. The van der Waals surface area contributed by atoms with Crippen molar-refractivity contribution in [3.63, 3.8) is 0 Å². The maximum absolute atomic E-state index is 3.83. The van der Waals surface area contributed by atoms with Gasteiger partial charge in [0, 0.05) is 4.47 Å². The van der Waals surface area contributed by atoms with E-state index < -0.39 is 0 Å². The summed E-state index contributed by atoms with van der Waals surface area (Å²) in [6.45, 7) is 4.54. The molecule has 0 spiro atoms. The van der Waals surface area contributed by atoms with Crippen molar-refractivity contribution < 1.29 is 0 Å². The summed E-state index contributed by atoms with van der Waals surface area (Å²) in [5.74, 6) is 0. The molecule has 0 fully saturated rings. The van der Waals surface area contributed by atoms with Crippen LogP contribution in [0.1, 0.15) is 134 Å². The van der Waals surface area contributed by atoms with Crippen LogP contribution in [-0.2, 0) is 6.42 Å². The Morgan fingerprint density at radius 2 is 0.944 bits per heavy atom. The van der Waals surface area contributed by atoms with E-state index in [0.717, 1.165) is 0 Å². The Bertz CT molecular complexity index is 1020. The summed E-state index contributed by atoms with van der Waals surface area (Å²) < 4.78 is 1.25. The van der Waals surface area contributed by atoms with Crippen LogP contribution in [0, 0.1) is 6.92 Å². The Hall–Kier alpha value is -1.34. The molecule has 3 aromatic rings. The van der Waals surface area contributed by atoms with Crippen molar-refractivity contribution in [2.75, 3.05) is 0 Å². The number of halogens is 1. The van der Waals surface area contributed by atoms with Gasteiger partial charge < -0.3 is 0 Å². The van der Waals surface area contributed by atoms with Crippen molar-refractivity contribution in [2.45, 2.75) is 136 Å². The molecule has 3 aromatic carbocycles. The van der Waals surface area contributed by atoms with Crippen molar-refractivity contribution in [3.05, 3.63) is 58.1 Å². The van der Waals surface area contributed by atoms with Gasteiger partial charge in [-0.05, 0) is 70.6 Å². The maximum atomic E-state index is 3.83. The van der Waals surface area contributed by atoms with Gasteiger partial charge in [-0.1, -0.05) is 156 Å². The zero-order chi connectivity index (χ0) is 25.4. The zero-order valence-corrected chi connectivity index (χ0v) is 24.9.